The zero-order valence-corrected chi connectivity index (χ0v) is 11.5. The van der Waals surface area contributed by atoms with Crippen molar-refractivity contribution in [2.24, 2.45) is 5.73 Å². The quantitative estimate of drug-likeness (QED) is 0.481. The predicted molar refractivity (Wildman–Crippen MR) is 73.1 cm³/mol. The Kier molecular flexibility index (Phi) is 11.6. The van der Waals surface area contributed by atoms with Crippen molar-refractivity contribution in [2.45, 2.75) is 51.9 Å². The maximum absolute atomic E-state index is 11.3. The first-order valence-corrected chi connectivity index (χ1v) is 6.94. The van der Waals surface area contributed by atoms with Crippen LogP contribution in [0.25, 0.3) is 0 Å². The van der Waals surface area contributed by atoms with Crippen molar-refractivity contribution in [1.82, 2.24) is 10.6 Å². The third-order valence-electron chi connectivity index (χ3n) is 2.68. The van der Waals surface area contributed by atoms with Crippen LogP contribution in [0.5, 0.6) is 0 Å². The zero-order chi connectivity index (χ0) is 13.6. The molecule has 0 atom stereocenters. The van der Waals surface area contributed by atoms with Crippen LogP contribution in [0.3, 0.4) is 0 Å². The van der Waals surface area contributed by atoms with Crippen LogP contribution >= 0.6 is 0 Å². The minimum absolute atomic E-state index is 0.100. The summed E-state index contributed by atoms with van der Waals surface area (Å²) in [6.07, 6.45) is 5.84. The lowest BCUT2D eigenvalue weighted by atomic mass is 10.2. The van der Waals surface area contributed by atoms with Crippen LogP contribution in [0, 0.1) is 0 Å². The lowest BCUT2D eigenvalue weighted by molar-refractivity contribution is -0.121. The summed E-state index contributed by atoms with van der Waals surface area (Å²) in [7, 11) is 0. The molecule has 0 aliphatic rings. The van der Waals surface area contributed by atoms with Crippen LogP contribution in [0.15, 0.2) is 0 Å². The number of nitrogens with two attached hydrogens (primary N) is 1. The molecule has 4 N–H and O–H groups in total. The molecule has 0 aliphatic heterocycles. The van der Waals surface area contributed by atoms with E-state index in [0.717, 1.165) is 45.2 Å². The Morgan fingerprint density at radius 3 is 2.06 bits per heavy atom. The highest BCUT2D eigenvalue weighted by atomic mass is 16.2. The van der Waals surface area contributed by atoms with Gasteiger partial charge < -0.3 is 16.4 Å². The first kappa shape index (κ1) is 16.9. The Labute approximate surface area is 110 Å². The molecule has 18 heavy (non-hydrogen) atoms. The average molecular weight is 257 g/mol. The molecule has 0 aromatic rings. The van der Waals surface area contributed by atoms with Gasteiger partial charge in [-0.3, -0.25) is 9.59 Å². The summed E-state index contributed by atoms with van der Waals surface area (Å²) >= 11 is 0. The van der Waals surface area contributed by atoms with Gasteiger partial charge in [0.2, 0.25) is 11.8 Å². The molecular formula is C13H27N3O2. The Morgan fingerprint density at radius 1 is 0.889 bits per heavy atom. The average Bonchev–Trinajstić information content (AvgIpc) is 2.37. The third-order valence-corrected chi connectivity index (χ3v) is 2.68. The van der Waals surface area contributed by atoms with Crippen LogP contribution in [0.4, 0.5) is 0 Å². The summed E-state index contributed by atoms with van der Waals surface area (Å²) in [6.45, 7) is 3.95. The van der Waals surface area contributed by atoms with Crippen molar-refractivity contribution in [2.75, 3.05) is 19.6 Å². The van der Waals surface area contributed by atoms with E-state index in [9.17, 15) is 9.59 Å². The predicted octanol–water partition coefficient (Wildman–Crippen LogP) is 0.928. The number of nitrogens with one attached hydrogen (secondary N) is 2. The van der Waals surface area contributed by atoms with Gasteiger partial charge in [0, 0.05) is 25.9 Å². The van der Waals surface area contributed by atoms with Crippen molar-refractivity contribution < 1.29 is 9.59 Å². The van der Waals surface area contributed by atoms with Gasteiger partial charge in [-0.05, 0) is 38.6 Å². The molecule has 0 fully saturated rings. The van der Waals surface area contributed by atoms with Crippen molar-refractivity contribution in [1.29, 1.82) is 0 Å². The minimum atomic E-state index is 0.100. The molecule has 0 rings (SSSR count). The molecule has 2 amide bonds. The van der Waals surface area contributed by atoms with E-state index in [1.807, 2.05) is 6.92 Å². The summed E-state index contributed by atoms with van der Waals surface area (Å²) in [5.74, 6) is 0.214. The highest BCUT2D eigenvalue weighted by Gasteiger charge is 1.99. The van der Waals surface area contributed by atoms with Crippen LogP contribution < -0.4 is 16.4 Å². The second-order valence-corrected chi connectivity index (χ2v) is 4.36. The second-order valence-electron chi connectivity index (χ2n) is 4.36. The fraction of sp³-hybridized carbons (Fsp3) is 0.846. The van der Waals surface area contributed by atoms with E-state index < -0.39 is 0 Å². The fourth-order valence-electron chi connectivity index (χ4n) is 1.53. The van der Waals surface area contributed by atoms with Crippen LogP contribution in [-0.4, -0.2) is 31.4 Å². The highest BCUT2D eigenvalue weighted by Crippen LogP contribution is 1.95. The molecule has 0 aromatic heterocycles. The number of carbonyl (C=O) groups is 2. The molecule has 5 heteroatoms. The molecule has 0 heterocycles. The van der Waals surface area contributed by atoms with Gasteiger partial charge in [0.05, 0.1) is 0 Å². The summed E-state index contributed by atoms with van der Waals surface area (Å²) in [4.78, 5) is 22.3. The summed E-state index contributed by atoms with van der Waals surface area (Å²) < 4.78 is 0. The van der Waals surface area contributed by atoms with E-state index in [4.69, 9.17) is 5.73 Å². The van der Waals surface area contributed by atoms with Gasteiger partial charge in [0.1, 0.15) is 0 Å². The van der Waals surface area contributed by atoms with Gasteiger partial charge in [-0.25, -0.2) is 0 Å². The third kappa shape index (κ3) is 11.4. The number of carbonyl (C=O) groups excluding carboxylic acids is 2. The normalized spacial score (nSPS) is 10.1. The standard InChI is InChI=1S/C13H27N3O2/c1-2-12(17)15-10-6-3-7-11-16-13(18)8-4-5-9-14/h2-11,14H2,1H3,(H,15,17)(H,16,18). The first-order chi connectivity index (χ1) is 8.70. The van der Waals surface area contributed by atoms with Gasteiger partial charge >= 0.3 is 0 Å². The molecule has 0 aliphatic carbocycles. The molecule has 0 radical (unpaired) electrons. The highest BCUT2D eigenvalue weighted by molar-refractivity contribution is 5.75. The number of rotatable bonds is 11. The molecule has 0 aromatic carbocycles. The van der Waals surface area contributed by atoms with Crippen molar-refractivity contribution in [3.8, 4) is 0 Å². The summed E-state index contributed by atoms with van der Waals surface area (Å²) in [5, 5.41) is 5.71. The molecule has 0 saturated carbocycles. The maximum Gasteiger partial charge on any atom is 0.219 e. The van der Waals surface area contributed by atoms with Crippen LogP contribution in [0.2, 0.25) is 0 Å². The summed E-state index contributed by atoms with van der Waals surface area (Å²) in [5.41, 5.74) is 5.35. The second kappa shape index (κ2) is 12.4. The Balaban J connectivity index is 3.19. The Hall–Kier alpha value is -1.10. The van der Waals surface area contributed by atoms with E-state index in [1.165, 1.54) is 0 Å². The zero-order valence-electron chi connectivity index (χ0n) is 11.5. The largest absolute Gasteiger partial charge is 0.356 e. The summed E-state index contributed by atoms with van der Waals surface area (Å²) in [6, 6.07) is 0. The molecule has 0 saturated heterocycles. The molecular weight excluding hydrogens is 230 g/mol. The van der Waals surface area contributed by atoms with Crippen molar-refractivity contribution in [3.63, 3.8) is 0 Å². The van der Waals surface area contributed by atoms with E-state index in [-0.39, 0.29) is 11.8 Å². The number of unbranched alkanes of at least 4 members (excludes halogenated alkanes) is 3. The Morgan fingerprint density at radius 2 is 1.50 bits per heavy atom. The smallest absolute Gasteiger partial charge is 0.219 e. The van der Waals surface area contributed by atoms with Crippen molar-refractivity contribution >= 4 is 11.8 Å². The van der Waals surface area contributed by atoms with Gasteiger partial charge in [0.15, 0.2) is 0 Å². The molecule has 0 unspecified atom stereocenters. The monoisotopic (exact) mass is 257 g/mol. The Bertz CT molecular complexity index is 232. The molecule has 106 valence electrons. The maximum atomic E-state index is 11.3. The number of amides is 2. The molecule has 0 spiro atoms. The van der Waals surface area contributed by atoms with Crippen LogP contribution in [0.1, 0.15) is 51.9 Å². The van der Waals surface area contributed by atoms with Gasteiger partial charge in [0.25, 0.3) is 0 Å². The lowest BCUT2D eigenvalue weighted by Gasteiger charge is -2.05. The topological polar surface area (TPSA) is 84.2 Å². The van der Waals surface area contributed by atoms with E-state index in [1.54, 1.807) is 0 Å². The van der Waals surface area contributed by atoms with Gasteiger partial charge in [-0.2, -0.15) is 0 Å². The minimum Gasteiger partial charge on any atom is -0.356 e. The van der Waals surface area contributed by atoms with Gasteiger partial charge in [-0.1, -0.05) is 6.92 Å². The number of hydrogen-bond acceptors (Lipinski definition) is 3. The SMILES string of the molecule is CCC(=O)NCCCCCNC(=O)CCCCN. The molecule has 5 nitrogen and oxygen atoms in total. The van der Waals surface area contributed by atoms with Gasteiger partial charge in [-0.15, -0.1) is 0 Å². The molecule has 0 bridgehead atoms. The number of hydrogen-bond donors (Lipinski definition) is 3. The van der Waals surface area contributed by atoms with E-state index in [2.05, 4.69) is 10.6 Å². The first-order valence-electron chi connectivity index (χ1n) is 6.94. The fourth-order valence-corrected chi connectivity index (χ4v) is 1.53. The van der Waals surface area contributed by atoms with E-state index in [0.29, 0.717) is 19.4 Å². The van der Waals surface area contributed by atoms with Crippen molar-refractivity contribution in [3.05, 3.63) is 0 Å². The lowest BCUT2D eigenvalue weighted by Crippen LogP contribution is -2.25. The van der Waals surface area contributed by atoms with E-state index >= 15 is 0 Å². The van der Waals surface area contributed by atoms with Crippen LogP contribution in [-0.2, 0) is 9.59 Å².